The summed E-state index contributed by atoms with van der Waals surface area (Å²) in [6.07, 6.45) is 4.24. The van der Waals surface area contributed by atoms with E-state index in [2.05, 4.69) is 54.3 Å². The van der Waals surface area contributed by atoms with Crippen molar-refractivity contribution in [3.8, 4) is 0 Å². The standard InChI is InChI=1S/C20H38N4OS2/c1-19(2)16-23-13-14-24(18(23)20(3,4)27-26-19)17(25)15-21(5)11-12-22-9-7-6-8-10-22/h18H,6-16H2,1-5H3. The van der Waals surface area contributed by atoms with Crippen LogP contribution in [-0.4, -0.2) is 101 Å². The van der Waals surface area contributed by atoms with E-state index < -0.39 is 0 Å². The molecule has 0 bridgehead atoms. The Balaban J connectivity index is 1.56. The van der Waals surface area contributed by atoms with Gasteiger partial charge >= 0.3 is 0 Å². The summed E-state index contributed by atoms with van der Waals surface area (Å²) in [5, 5.41) is 0. The zero-order chi connectivity index (χ0) is 19.7. The number of likely N-dealkylation sites (tertiary alicyclic amines) is 1. The van der Waals surface area contributed by atoms with Gasteiger partial charge in [-0.1, -0.05) is 28.0 Å². The summed E-state index contributed by atoms with van der Waals surface area (Å²) < 4.78 is 0.262. The minimum Gasteiger partial charge on any atom is -0.323 e. The van der Waals surface area contributed by atoms with Gasteiger partial charge in [-0.2, -0.15) is 0 Å². The Kier molecular flexibility index (Phi) is 7.11. The Morgan fingerprint density at radius 1 is 1.04 bits per heavy atom. The van der Waals surface area contributed by atoms with Crippen molar-refractivity contribution in [1.29, 1.82) is 0 Å². The van der Waals surface area contributed by atoms with Crippen LogP contribution in [0, 0.1) is 0 Å². The van der Waals surface area contributed by atoms with Gasteiger partial charge in [0.1, 0.15) is 6.17 Å². The fourth-order valence-corrected chi connectivity index (χ4v) is 7.35. The lowest BCUT2D eigenvalue weighted by atomic mass is 10.1. The molecule has 0 aromatic heterocycles. The van der Waals surface area contributed by atoms with Crippen LogP contribution in [0.2, 0.25) is 0 Å². The number of likely N-dealkylation sites (N-methyl/N-ethyl adjacent to an activating group) is 1. The lowest BCUT2D eigenvalue weighted by Gasteiger charge is -2.39. The highest BCUT2D eigenvalue weighted by Gasteiger charge is 2.49. The second-order valence-electron chi connectivity index (χ2n) is 9.60. The summed E-state index contributed by atoms with van der Waals surface area (Å²) in [5.41, 5.74) is 0. The van der Waals surface area contributed by atoms with Crippen molar-refractivity contribution in [3.05, 3.63) is 0 Å². The number of piperidine rings is 1. The molecule has 0 aliphatic carbocycles. The number of nitrogens with zero attached hydrogens (tertiary/aromatic N) is 4. The molecule has 3 saturated heterocycles. The van der Waals surface area contributed by atoms with Crippen molar-refractivity contribution in [1.82, 2.24) is 19.6 Å². The highest BCUT2D eigenvalue weighted by atomic mass is 33.1. The van der Waals surface area contributed by atoms with Crippen LogP contribution >= 0.6 is 21.6 Å². The average Bonchev–Trinajstić information content (AvgIpc) is 3.00. The van der Waals surface area contributed by atoms with Crippen molar-refractivity contribution in [2.45, 2.75) is 62.6 Å². The van der Waals surface area contributed by atoms with E-state index in [1.54, 1.807) is 0 Å². The molecule has 27 heavy (non-hydrogen) atoms. The van der Waals surface area contributed by atoms with Crippen molar-refractivity contribution >= 4 is 27.5 Å². The van der Waals surface area contributed by atoms with Crippen LogP contribution in [0.3, 0.4) is 0 Å². The number of amides is 1. The van der Waals surface area contributed by atoms with Crippen LogP contribution < -0.4 is 0 Å². The second-order valence-corrected chi connectivity index (χ2v) is 13.1. The Morgan fingerprint density at radius 2 is 1.74 bits per heavy atom. The first-order valence-corrected chi connectivity index (χ1v) is 12.6. The van der Waals surface area contributed by atoms with Gasteiger partial charge in [0, 0.05) is 37.5 Å². The van der Waals surface area contributed by atoms with Crippen LogP contribution in [0.5, 0.6) is 0 Å². The van der Waals surface area contributed by atoms with E-state index in [4.69, 9.17) is 0 Å². The first-order chi connectivity index (χ1) is 12.7. The number of carbonyl (C=O) groups is 1. The molecule has 0 aromatic rings. The van der Waals surface area contributed by atoms with E-state index in [1.807, 2.05) is 21.6 Å². The molecule has 5 nitrogen and oxygen atoms in total. The quantitative estimate of drug-likeness (QED) is 0.643. The number of carbonyl (C=O) groups excluding carboxylic acids is 1. The molecule has 3 fully saturated rings. The Bertz CT molecular complexity index is 522. The minimum atomic E-state index is 0.0387. The third kappa shape index (κ3) is 5.56. The maximum absolute atomic E-state index is 13.2. The van der Waals surface area contributed by atoms with Crippen LogP contribution in [0.1, 0.15) is 47.0 Å². The summed E-state index contributed by atoms with van der Waals surface area (Å²) in [7, 11) is 6.03. The average molecular weight is 415 g/mol. The van der Waals surface area contributed by atoms with Crippen molar-refractivity contribution < 1.29 is 4.79 Å². The summed E-state index contributed by atoms with van der Waals surface area (Å²) in [6.45, 7) is 17.2. The summed E-state index contributed by atoms with van der Waals surface area (Å²) in [6, 6.07) is 0. The first kappa shape index (κ1) is 21.8. The van der Waals surface area contributed by atoms with E-state index in [0.717, 1.165) is 32.7 Å². The van der Waals surface area contributed by atoms with Gasteiger partial charge in [0.2, 0.25) is 5.91 Å². The second kappa shape index (κ2) is 8.82. The van der Waals surface area contributed by atoms with Crippen molar-refractivity contribution in [3.63, 3.8) is 0 Å². The van der Waals surface area contributed by atoms with Gasteiger partial charge in [0.25, 0.3) is 0 Å². The predicted octanol–water partition coefficient (Wildman–Crippen LogP) is 2.83. The molecule has 0 spiro atoms. The monoisotopic (exact) mass is 414 g/mol. The Morgan fingerprint density at radius 3 is 2.44 bits per heavy atom. The number of hydrogen-bond donors (Lipinski definition) is 0. The largest absolute Gasteiger partial charge is 0.323 e. The number of rotatable bonds is 5. The van der Waals surface area contributed by atoms with Gasteiger partial charge in [-0.05, 0) is 60.7 Å². The molecule has 0 aromatic carbocycles. The summed E-state index contributed by atoms with van der Waals surface area (Å²) >= 11 is 0. The van der Waals surface area contributed by atoms with Crippen LogP contribution in [0.25, 0.3) is 0 Å². The lowest BCUT2D eigenvalue weighted by molar-refractivity contribution is -0.135. The normalized spacial score (nSPS) is 29.0. The molecule has 156 valence electrons. The zero-order valence-corrected chi connectivity index (χ0v) is 19.5. The first-order valence-electron chi connectivity index (χ1n) is 10.5. The van der Waals surface area contributed by atoms with E-state index in [1.165, 1.54) is 32.4 Å². The fourth-order valence-electron chi connectivity index (χ4n) is 4.59. The third-order valence-corrected chi connectivity index (χ3v) is 10.1. The van der Waals surface area contributed by atoms with Crippen LogP contribution in [-0.2, 0) is 4.79 Å². The van der Waals surface area contributed by atoms with Gasteiger partial charge in [0.15, 0.2) is 0 Å². The molecular weight excluding hydrogens is 376 g/mol. The maximum Gasteiger partial charge on any atom is 0.238 e. The number of hydrogen-bond acceptors (Lipinski definition) is 6. The lowest BCUT2D eigenvalue weighted by Crippen LogP contribution is -2.55. The summed E-state index contributed by atoms with van der Waals surface area (Å²) in [5.74, 6) is 0.294. The SMILES string of the molecule is CN(CCN1CCCCC1)CC(=O)N1CCN2CC(C)(C)SSC(C)(C)C21. The van der Waals surface area contributed by atoms with Gasteiger partial charge in [0.05, 0.1) is 11.3 Å². The van der Waals surface area contributed by atoms with Crippen molar-refractivity contribution in [2.24, 2.45) is 0 Å². The van der Waals surface area contributed by atoms with Gasteiger partial charge < -0.3 is 9.80 Å². The smallest absolute Gasteiger partial charge is 0.238 e. The molecule has 0 saturated carbocycles. The molecule has 3 rings (SSSR count). The Labute approximate surface area is 174 Å². The maximum atomic E-state index is 13.2. The number of fused-ring (bicyclic) bond motifs is 1. The van der Waals surface area contributed by atoms with E-state index in [0.29, 0.717) is 12.5 Å². The fraction of sp³-hybridized carbons (Fsp3) is 0.950. The summed E-state index contributed by atoms with van der Waals surface area (Å²) in [4.78, 5) is 22.6. The molecular formula is C20H38N4OS2. The topological polar surface area (TPSA) is 30.0 Å². The van der Waals surface area contributed by atoms with E-state index >= 15 is 0 Å². The third-order valence-electron chi connectivity index (χ3n) is 5.93. The highest BCUT2D eigenvalue weighted by molar-refractivity contribution is 8.77. The highest BCUT2D eigenvalue weighted by Crippen LogP contribution is 2.51. The molecule has 1 unspecified atom stereocenters. The van der Waals surface area contributed by atoms with Gasteiger partial charge in [-0.3, -0.25) is 14.6 Å². The molecule has 3 heterocycles. The van der Waals surface area contributed by atoms with Crippen LogP contribution in [0.4, 0.5) is 0 Å². The van der Waals surface area contributed by atoms with E-state index in [-0.39, 0.29) is 15.7 Å². The molecule has 3 aliphatic heterocycles. The molecule has 1 atom stereocenters. The van der Waals surface area contributed by atoms with Gasteiger partial charge in [-0.25, -0.2) is 0 Å². The van der Waals surface area contributed by atoms with Gasteiger partial charge in [-0.15, -0.1) is 0 Å². The zero-order valence-electron chi connectivity index (χ0n) is 17.9. The Hall–Kier alpha value is 0.0500. The molecule has 7 heteroatoms. The van der Waals surface area contributed by atoms with E-state index in [9.17, 15) is 4.79 Å². The molecule has 1 amide bonds. The van der Waals surface area contributed by atoms with Crippen molar-refractivity contribution in [2.75, 3.05) is 59.4 Å². The molecule has 0 N–H and O–H groups in total. The van der Waals surface area contributed by atoms with Crippen LogP contribution in [0.15, 0.2) is 0 Å². The predicted molar refractivity (Wildman–Crippen MR) is 118 cm³/mol. The molecule has 3 aliphatic rings. The molecule has 0 radical (unpaired) electrons. The minimum absolute atomic E-state index is 0.0387.